The van der Waals surface area contributed by atoms with E-state index in [2.05, 4.69) is 9.97 Å². The molecule has 2 aromatic rings. The minimum Gasteiger partial charge on any atom is -0.331 e. The van der Waals surface area contributed by atoms with Crippen LogP contribution in [0.4, 0.5) is 0 Å². The molecule has 0 unspecified atom stereocenters. The number of aryl methyl sites for hydroxylation is 2. The summed E-state index contributed by atoms with van der Waals surface area (Å²) in [5.74, 6) is 0.157. The molecule has 0 aliphatic heterocycles. The Labute approximate surface area is 193 Å². The number of nitrogens with zero attached hydrogens (tertiary/aromatic N) is 3. The second-order valence-electron chi connectivity index (χ2n) is 6.74. The molecule has 29 heavy (non-hydrogen) atoms. The molecule has 2 rings (SSSR count). The maximum Gasteiger partial charge on any atom is 0.223 e. The second-order valence-corrected chi connectivity index (χ2v) is 6.74. The topological polar surface area (TPSA) is 72.1 Å². The highest BCUT2D eigenvalue weighted by Crippen LogP contribution is 2.12. The fourth-order valence-electron chi connectivity index (χ4n) is 2.93. The van der Waals surface area contributed by atoms with Crippen molar-refractivity contribution >= 4 is 43.1 Å². The molecule has 5 nitrogen and oxygen atoms in total. The monoisotopic (exact) mass is 462 g/mol. The molecule has 0 radical (unpaired) electrons. The van der Waals surface area contributed by atoms with Crippen molar-refractivity contribution in [1.29, 1.82) is 0 Å². The lowest BCUT2D eigenvalue weighted by atomic mass is 10.1. The van der Waals surface area contributed by atoms with Gasteiger partial charge in [-0.05, 0) is 57.5 Å². The number of nitrogens with two attached hydrogens (primary N) is 1. The molecule has 0 saturated carbocycles. The van der Waals surface area contributed by atoms with E-state index in [0.29, 0.717) is 19.5 Å². The van der Waals surface area contributed by atoms with Gasteiger partial charge in [0.1, 0.15) is 0 Å². The Morgan fingerprint density at radius 2 is 1.31 bits per heavy atom. The third-order valence-electron chi connectivity index (χ3n) is 4.30. The van der Waals surface area contributed by atoms with Gasteiger partial charge in [0.15, 0.2) is 0 Å². The van der Waals surface area contributed by atoms with E-state index >= 15 is 0 Å². The van der Waals surface area contributed by atoms with Crippen molar-refractivity contribution in [3.05, 3.63) is 59.2 Å². The second kappa shape index (κ2) is 16.4. The van der Waals surface area contributed by atoms with Crippen molar-refractivity contribution in [3.63, 3.8) is 0 Å². The van der Waals surface area contributed by atoms with Gasteiger partial charge < -0.3 is 10.6 Å². The SMILES string of the molecule is Cc1cccc(CN(Cc2cccc(C)n2)C(=O)CCCCCCN)n1.Cl.Cl.Cl. The molecule has 0 spiro atoms. The molecule has 0 fully saturated rings. The first kappa shape index (κ1) is 29.8. The van der Waals surface area contributed by atoms with Crippen LogP contribution in [0.2, 0.25) is 0 Å². The van der Waals surface area contributed by atoms with E-state index in [1.54, 1.807) is 0 Å². The molecule has 2 N–H and O–H groups in total. The zero-order valence-corrected chi connectivity index (χ0v) is 19.6. The minimum atomic E-state index is 0. The van der Waals surface area contributed by atoms with Gasteiger partial charge in [-0.1, -0.05) is 25.0 Å². The van der Waals surface area contributed by atoms with Crippen molar-refractivity contribution in [3.8, 4) is 0 Å². The van der Waals surface area contributed by atoms with Crippen LogP contribution in [0.5, 0.6) is 0 Å². The van der Waals surface area contributed by atoms with Crippen molar-refractivity contribution in [2.24, 2.45) is 5.73 Å². The lowest BCUT2D eigenvalue weighted by Crippen LogP contribution is -2.30. The normalized spacial score (nSPS) is 9.62. The Balaban J connectivity index is 0. The molecular weight excluding hydrogens is 431 g/mol. The van der Waals surface area contributed by atoms with Gasteiger partial charge >= 0.3 is 0 Å². The summed E-state index contributed by atoms with van der Waals surface area (Å²) < 4.78 is 0. The third-order valence-corrected chi connectivity index (χ3v) is 4.30. The number of rotatable bonds is 10. The highest BCUT2D eigenvalue weighted by molar-refractivity contribution is 5.86. The van der Waals surface area contributed by atoms with E-state index in [1.807, 2.05) is 55.1 Å². The Morgan fingerprint density at radius 3 is 1.76 bits per heavy atom. The first-order chi connectivity index (χ1) is 12.6. The Morgan fingerprint density at radius 1 is 0.828 bits per heavy atom. The lowest BCUT2D eigenvalue weighted by molar-refractivity contribution is -0.132. The van der Waals surface area contributed by atoms with Crippen LogP contribution in [0.15, 0.2) is 36.4 Å². The quantitative estimate of drug-likeness (QED) is 0.514. The summed E-state index contributed by atoms with van der Waals surface area (Å²) in [6.45, 7) is 5.68. The van der Waals surface area contributed by atoms with Crippen LogP contribution in [0.1, 0.15) is 54.9 Å². The Hall–Kier alpha value is -1.40. The predicted octanol–water partition coefficient (Wildman–Crippen LogP) is 4.80. The third kappa shape index (κ3) is 11.4. The van der Waals surface area contributed by atoms with E-state index in [-0.39, 0.29) is 43.1 Å². The van der Waals surface area contributed by atoms with E-state index in [1.165, 1.54) is 0 Å². The van der Waals surface area contributed by atoms with Gasteiger partial charge in [0.05, 0.1) is 24.5 Å². The Kier molecular flexibility index (Phi) is 16.9. The van der Waals surface area contributed by atoms with Crippen molar-refractivity contribution in [1.82, 2.24) is 14.9 Å². The van der Waals surface area contributed by atoms with Crippen LogP contribution in [0, 0.1) is 13.8 Å². The van der Waals surface area contributed by atoms with Crippen LogP contribution in [0.25, 0.3) is 0 Å². The molecule has 0 atom stereocenters. The summed E-state index contributed by atoms with van der Waals surface area (Å²) in [7, 11) is 0. The van der Waals surface area contributed by atoms with Crippen molar-refractivity contribution in [2.45, 2.75) is 59.0 Å². The average molecular weight is 464 g/mol. The summed E-state index contributed by atoms with van der Waals surface area (Å²) in [6.07, 6.45) is 4.61. The zero-order chi connectivity index (χ0) is 18.8. The first-order valence-electron chi connectivity index (χ1n) is 9.41. The number of carbonyl (C=O) groups is 1. The van der Waals surface area contributed by atoms with E-state index in [0.717, 1.165) is 55.0 Å². The summed E-state index contributed by atoms with van der Waals surface area (Å²) in [6, 6.07) is 11.8. The molecule has 0 bridgehead atoms. The highest BCUT2D eigenvalue weighted by Gasteiger charge is 2.16. The maximum absolute atomic E-state index is 12.8. The van der Waals surface area contributed by atoms with Crippen LogP contribution >= 0.6 is 37.2 Å². The summed E-state index contributed by atoms with van der Waals surface area (Å²) in [4.78, 5) is 23.8. The number of hydrogen-bond acceptors (Lipinski definition) is 4. The molecule has 2 aromatic heterocycles. The van der Waals surface area contributed by atoms with Crippen LogP contribution < -0.4 is 5.73 Å². The van der Waals surface area contributed by atoms with E-state index in [4.69, 9.17) is 5.73 Å². The number of unbranched alkanes of at least 4 members (excludes halogenated alkanes) is 3. The van der Waals surface area contributed by atoms with Gasteiger partial charge in [-0.15, -0.1) is 37.2 Å². The van der Waals surface area contributed by atoms with Crippen LogP contribution in [-0.2, 0) is 17.9 Å². The highest BCUT2D eigenvalue weighted by atomic mass is 35.5. The summed E-state index contributed by atoms with van der Waals surface area (Å²) >= 11 is 0. The van der Waals surface area contributed by atoms with Gasteiger partial charge in [0.25, 0.3) is 0 Å². The number of carbonyl (C=O) groups excluding carboxylic acids is 1. The first-order valence-corrected chi connectivity index (χ1v) is 9.41. The summed E-state index contributed by atoms with van der Waals surface area (Å²) in [5, 5.41) is 0. The van der Waals surface area contributed by atoms with Crippen molar-refractivity contribution in [2.75, 3.05) is 6.54 Å². The number of amides is 1. The molecule has 8 heteroatoms. The molecular formula is C21H33Cl3N4O. The van der Waals surface area contributed by atoms with Gasteiger partial charge in [0, 0.05) is 17.8 Å². The zero-order valence-electron chi connectivity index (χ0n) is 17.2. The van der Waals surface area contributed by atoms with Crippen molar-refractivity contribution < 1.29 is 4.79 Å². The van der Waals surface area contributed by atoms with Gasteiger partial charge in [-0.3, -0.25) is 14.8 Å². The molecule has 164 valence electrons. The smallest absolute Gasteiger partial charge is 0.223 e. The van der Waals surface area contributed by atoms with Crippen LogP contribution in [0.3, 0.4) is 0 Å². The minimum absolute atomic E-state index is 0. The largest absolute Gasteiger partial charge is 0.331 e. The Bertz CT molecular complexity index is 668. The average Bonchev–Trinajstić information content (AvgIpc) is 2.61. The number of aromatic nitrogens is 2. The maximum atomic E-state index is 12.8. The van der Waals surface area contributed by atoms with Crippen LogP contribution in [-0.4, -0.2) is 27.3 Å². The van der Waals surface area contributed by atoms with E-state index in [9.17, 15) is 4.79 Å². The molecule has 0 saturated heterocycles. The fourth-order valence-corrected chi connectivity index (χ4v) is 2.93. The van der Waals surface area contributed by atoms with Gasteiger partial charge in [0.2, 0.25) is 5.91 Å². The molecule has 0 aliphatic rings. The summed E-state index contributed by atoms with van der Waals surface area (Å²) in [5.41, 5.74) is 9.28. The standard InChI is InChI=1S/C21H30N4O.3ClH/c1-17-9-7-11-19(23-17)15-25(16-20-12-8-10-18(2)24-20)21(26)13-5-3-4-6-14-22;;;/h7-12H,3-6,13-16,22H2,1-2H3;3*1H. The molecule has 1 amide bonds. The van der Waals surface area contributed by atoms with E-state index < -0.39 is 0 Å². The molecule has 0 aromatic carbocycles. The van der Waals surface area contributed by atoms with Gasteiger partial charge in [-0.25, -0.2) is 0 Å². The molecule has 0 aliphatic carbocycles. The molecule has 2 heterocycles. The number of pyridine rings is 2. The number of halogens is 3. The fraction of sp³-hybridized carbons (Fsp3) is 0.476. The van der Waals surface area contributed by atoms with Gasteiger partial charge in [-0.2, -0.15) is 0 Å². The number of hydrogen-bond donors (Lipinski definition) is 1. The predicted molar refractivity (Wildman–Crippen MR) is 126 cm³/mol. The lowest BCUT2D eigenvalue weighted by Gasteiger charge is -2.22.